The van der Waals surface area contributed by atoms with E-state index in [1.54, 1.807) is 0 Å². The van der Waals surface area contributed by atoms with E-state index in [0.29, 0.717) is 12.1 Å². The number of hydrogen-bond acceptors (Lipinski definition) is 2. The smallest absolute Gasteiger partial charge is 0.169 e. The van der Waals surface area contributed by atoms with Crippen LogP contribution in [0.3, 0.4) is 0 Å². The fraction of sp³-hybridized carbons (Fsp3) is 0.917. The van der Waals surface area contributed by atoms with E-state index in [1.807, 2.05) is 0 Å². The minimum Gasteiger partial charge on any atom is -0.377 e. The first-order valence-electron chi connectivity index (χ1n) is 6.43. The lowest BCUT2D eigenvalue weighted by atomic mass is 10.2. The van der Waals surface area contributed by atoms with Crippen LogP contribution in [0.5, 0.6) is 0 Å². The zero-order chi connectivity index (χ0) is 11.4. The Morgan fingerprint density at radius 1 is 1.31 bits per heavy atom. The second-order valence-electron chi connectivity index (χ2n) is 4.91. The minimum atomic E-state index is 0.297. The largest absolute Gasteiger partial charge is 0.377 e. The summed E-state index contributed by atoms with van der Waals surface area (Å²) in [5.41, 5.74) is 0. The molecule has 2 rings (SSSR count). The third-order valence-corrected chi connectivity index (χ3v) is 3.80. The van der Waals surface area contributed by atoms with Crippen LogP contribution in [0.1, 0.15) is 39.0 Å². The van der Waals surface area contributed by atoms with Crippen molar-refractivity contribution >= 4 is 17.3 Å². The van der Waals surface area contributed by atoms with Gasteiger partial charge in [-0.25, -0.2) is 0 Å². The summed E-state index contributed by atoms with van der Waals surface area (Å²) in [7, 11) is 0. The van der Waals surface area contributed by atoms with Crippen LogP contribution in [-0.2, 0) is 4.74 Å². The van der Waals surface area contributed by atoms with Crippen molar-refractivity contribution in [3.05, 3.63) is 0 Å². The Labute approximate surface area is 104 Å². The monoisotopic (exact) mass is 242 g/mol. The minimum absolute atomic E-state index is 0.297. The molecule has 0 radical (unpaired) electrons. The quantitative estimate of drug-likeness (QED) is 0.710. The lowest BCUT2D eigenvalue weighted by Gasteiger charge is -2.27. The van der Waals surface area contributed by atoms with Crippen molar-refractivity contribution in [3.8, 4) is 0 Å². The first-order chi connectivity index (χ1) is 7.75. The molecule has 0 aromatic rings. The van der Waals surface area contributed by atoms with Crippen molar-refractivity contribution in [1.82, 2.24) is 10.2 Å². The molecule has 0 amide bonds. The van der Waals surface area contributed by atoms with E-state index in [0.717, 1.165) is 31.2 Å². The van der Waals surface area contributed by atoms with E-state index >= 15 is 0 Å². The number of rotatable bonds is 1. The van der Waals surface area contributed by atoms with Gasteiger partial charge in [0.2, 0.25) is 0 Å². The highest BCUT2D eigenvalue weighted by atomic mass is 32.1. The van der Waals surface area contributed by atoms with Crippen molar-refractivity contribution in [3.63, 3.8) is 0 Å². The van der Waals surface area contributed by atoms with Gasteiger partial charge in [-0.1, -0.05) is 12.8 Å². The van der Waals surface area contributed by atoms with Crippen LogP contribution in [0.4, 0.5) is 0 Å². The van der Waals surface area contributed by atoms with E-state index in [1.165, 1.54) is 25.7 Å². The predicted molar refractivity (Wildman–Crippen MR) is 69.6 cm³/mol. The van der Waals surface area contributed by atoms with Gasteiger partial charge in [-0.15, -0.1) is 0 Å². The van der Waals surface area contributed by atoms with Crippen molar-refractivity contribution in [1.29, 1.82) is 0 Å². The number of nitrogens with one attached hydrogen (secondary N) is 1. The number of nitrogens with zero attached hydrogens (tertiary/aromatic N) is 1. The van der Waals surface area contributed by atoms with Crippen molar-refractivity contribution in [2.75, 3.05) is 19.7 Å². The van der Waals surface area contributed by atoms with E-state index in [4.69, 9.17) is 17.0 Å². The molecule has 1 saturated heterocycles. The van der Waals surface area contributed by atoms with E-state index in [-0.39, 0.29) is 0 Å². The summed E-state index contributed by atoms with van der Waals surface area (Å²) in [6, 6.07) is 0.618. The normalized spacial score (nSPS) is 27.8. The van der Waals surface area contributed by atoms with Gasteiger partial charge in [0.1, 0.15) is 0 Å². The standard InChI is InChI=1S/C12H22N2OS/c1-10-9-14(7-4-8-15-10)12(16)13-11-5-2-3-6-11/h10-11H,2-9H2,1H3,(H,13,16). The summed E-state index contributed by atoms with van der Waals surface area (Å²) in [5, 5.41) is 4.43. The maximum Gasteiger partial charge on any atom is 0.169 e. The summed E-state index contributed by atoms with van der Waals surface area (Å²) in [6.45, 7) is 4.95. The molecule has 1 aliphatic carbocycles. The van der Waals surface area contributed by atoms with Gasteiger partial charge >= 0.3 is 0 Å². The molecular weight excluding hydrogens is 220 g/mol. The Morgan fingerprint density at radius 2 is 2.06 bits per heavy atom. The Balaban J connectivity index is 1.82. The topological polar surface area (TPSA) is 24.5 Å². The fourth-order valence-corrected chi connectivity index (χ4v) is 2.85. The van der Waals surface area contributed by atoms with E-state index in [9.17, 15) is 0 Å². The Hall–Kier alpha value is -0.350. The van der Waals surface area contributed by atoms with Crippen LogP contribution in [-0.4, -0.2) is 41.9 Å². The van der Waals surface area contributed by atoms with Gasteiger partial charge in [-0.3, -0.25) is 0 Å². The van der Waals surface area contributed by atoms with Gasteiger partial charge in [0.15, 0.2) is 5.11 Å². The summed E-state index contributed by atoms with van der Waals surface area (Å²) < 4.78 is 5.62. The van der Waals surface area contributed by atoms with Crippen LogP contribution in [0.2, 0.25) is 0 Å². The first-order valence-corrected chi connectivity index (χ1v) is 6.83. The van der Waals surface area contributed by atoms with Crippen molar-refractivity contribution in [2.45, 2.75) is 51.2 Å². The maximum absolute atomic E-state index is 5.62. The highest BCUT2D eigenvalue weighted by Crippen LogP contribution is 2.18. The predicted octanol–water partition coefficient (Wildman–Crippen LogP) is 1.91. The van der Waals surface area contributed by atoms with E-state index < -0.39 is 0 Å². The summed E-state index contributed by atoms with van der Waals surface area (Å²) in [6.07, 6.45) is 6.63. The fourth-order valence-electron chi connectivity index (χ4n) is 2.51. The SMILES string of the molecule is CC1CN(C(=S)NC2CCCC2)CCCO1. The third kappa shape index (κ3) is 3.32. The molecule has 0 aromatic carbocycles. The van der Waals surface area contributed by atoms with Crippen LogP contribution in [0.15, 0.2) is 0 Å². The molecule has 1 heterocycles. The molecule has 1 aliphatic heterocycles. The molecule has 16 heavy (non-hydrogen) atoms. The Morgan fingerprint density at radius 3 is 2.81 bits per heavy atom. The van der Waals surface area contributed by atoms with Gasteiger partial charge in [-0.05, 0) is 38.4 Å². The van der Waals surface area contributed by atoms with Gasteiger partial charge in [-0.2, -0.15) is 0 Å². The van der Waals surface area contributed by atoms with Crippen molar-refractivity contribution < 1.29 is 4.74 Å². The van der Waals surface area contributed by atoms with Gasteiger partial charge in [0.05, 0.1) is 6.10 Å². The molecule has 2 fully saturated rings. The molecule has 4 heteroatoms. The number of thiocarbonyl (C=S) groups is 1. The molecule has 1 saturated carbocycles. The molecule has 1 N–H and O–H groups in total. The summed E-state index contributed by atoms with van der Waals surface area (Å²) >= 11 is 5.48. The molecule has 0 bridgehead atoms. The number of ether oxygens (including phenoxy) is 1. The van der Waals surface area contributed by atoms with Crippen LogP contribution < -0.4 is 5.32 Å². The average molecular weight is 242 g/mol. The Kier molecular flexibility index (Phi) is 4.41. The molecular formula is C12H22N2OS. The lowest BCUT2D eigenvalue weighted by molar-refractivity contribution is 0.0742. The molecule has 92 valence electrons. The summed E-state index contributed by atoms with van der Waals surface area (Å²) in [4.78, 5) is 2.27. The highest BCUT2D eigenvalue weighted by molar-refractivity contribution is 7.80. The zero-order valence-corrected chi connectivity index (χ0v) is 10.9. The highest BCUT2D eigenvalue weighted by Gasteiger charge is 2.21. The molecule has 1 unspecified atom stereocenters. The van der Waals surface area contributed by atoms with Crippen LogP contribution >= 0.6 is 12.2 Å². The van der Waals surface area contributed by atoms with Gasteiger partial charge in [0, 0.05) is 25.7 Å². The van der Waals surface area contributed by atoms with Crippen LogP contribution in [0, 0.1) is 0 Å². The molecule has 0 aromatic heterocycles. The second kappa shape index (κ2) is 5.82. The second-order valence-corrected chi connectivity index (χ2v) is 5.30. The van der Waals surface area contributed by atoms with Gasteiger partial charge < -0.3 is 15.0 Å². The number of hydrogen-bond donors (Lipinski definition) is 1. The molecule has 1 atom stereocenters. The average Bonchev–Trinajstić information content (AvgIpc) is 2.65. The van der Waals surface area contributed by atoms with Gasteiger partial charge in [0.25, 0.3) is 0 Å². The maximum atomic E-state index is 5.62. The Bertz CT molecular complexity index is 241. The van der Waals surface area contributed by atoms with E-state index in [2.05, 4.69) is 17.1 Å². The zero-order valence-electron chi connectivity index (χ0n) is 10.1. The third-order valence-electron chi connectivity index (χ3n) is 3.42. The molecule has 0 spiro atoms. The summed E-state index contributed by atoms with van der Waals surface area (Å²) in [5.74, 6) is 0. The van der Waals surface area contributed by atoms with Crippen LogP contribution in [0.25, 0.3) is 0 Å². The van der Waals surface area contributed by atoms with Crippen molar-refractivity contribution in [2.24, 2.45) is 0 Å². The molecule has 2 aliphatic rings. The molecule has 3 nitrogen and oxygen atoms in total. The first kappa shape index (κ1) is 12.1. The lowest BCUT2D eigenvalue weighted by Crippen LogP contribution is -2.45.